The van der Waals surface area contributed by atoms with Gasteiger partial charge in [-0.15, -0.1) is 0 Å². The van der Waals surface area contributed by atoms with Crippen LogP contribution in [0.1, 0.15) is 18.4 Å². The highest BCUT2D eigenvalue weighted by Gasteiger charge is 2.42. The minimum Gasteiger partial charge on any atom is -0.345 e. The summed E-state index contributed by atoms with van der Waals surface area (Å²) in [5.74, 6) is 0.136. The van der Waals surface area contributed by atoms with Gasteiger partial charge in [0.1, 0.15) is 0 Å². The molecule has 1 aliphatic rings. The maximum absolute atomic E-state index is 12.1. The van der Waals surface area contributed by atoms with Gasteiger partial charge in [-0.3, -0.25) is 4.79 Å². The van der Waals surface area contributed by atoms with Crippen molar-refractivity contribution in [1.29, 1.82) is 0 Å². The normalized spacial score (nSPS) is 16.4. The van der Waals surface area contributed by atoms with Gasteiger partial charge in [-0.25, -0.2) is 0 Å². The molecule has 0 radical (unpaired) electrons. The summed E-state index contributed by atoms with van der Waals surface area (Å²) in [6, 6.07) is 7.41. The maximum Gasteiger partial charge on any atom is 0.226 e. The Kier molecular flexibility index (Phi) is 3.93. The van der Waals surface area contributed by atoms with Gasteiger partial charge in [-0.1, -0.05) is 23.7 Å². The molecule has 0 atom stereocenters. The summed E-state index contributed by atoms with van der Waals surface area (Å²) in [7, 11) is 1.86. The van der Waals surface area contributed by atoms with Crippen molar-refractivity contribution in [3.63, 3.8) is 0 Å². The van der Waals surface area contributed by atoms with E-state index < -0.39 is 0 Å². The molecule has 3 nitrogen and oxygen atoms in total. The fourth-order valence-electron chi connectivity index (χ4n) is 2.11. The molecule has 0 aromatic heterocycles. The molecular weight excluding hydrogens is 248 g/mol. The number of carbonyl (C=O) groups excluding carboxylic acids is 1. The first kappa shape index (κ1) is 13.4. The number of halogens is 1. The van der Waals surface area contributed by atoms with Crippen molar-refractivity contribution in [3.8, 4) is 0 Å². The van der Waals surface area contributed by atoms with Crippen molar-refractivity contribution >= 4 is 17.5 Å². The average molecular weight is 267 g/mol. The van der Waals surface area contributed by atoms with Crippen molar-refractivity contribution in [3.05, 3.63) is 34.9 Å². The third-order valence-corrected chi connectivity index (χ3v) is 3.91. The molecule has 0 heterocycles. The van der Waals surface area contributed by atoms with Crippen LogP contribution in [-0.4, -0.2) is 30.9 Å². The Balaban J connectivity index is 1.89. The first-order valence-electron chi connectivity index (χ1n) is 6.23. The van der Waals surface area contributed by atoms with Gasteiger partial charge in [0.2, 0.25) is 5.91 Å². The lowest BCUT2D eigenvalue weighted by Gasteiger charge is -2.22. The van der Waals surface area contributed by atoms with Gasteiger partial charge >= 0.3 is 0 Å². The molecule has 1 fully saturated rings. The van der Waals surface area contributed by atoms with Crippen LogP contribution in [0.4, 0.5) is 0 Å². The summed E-state index contributed by atoms with van der Waals surface area (Å²) in [6.07, 6.45) is 2.71. The lowest BCUT2D eigenvalue weighted by atomic mass is 10.1. The number of hydrogen-bond donors (Lipinski definition) is 1. The van der Waals surface area contributed by atoms with Crippen LogP contribution < -0.4 is 5.73 Å². The van der Waals surface area contributed by atoms with Crippen LogP contribution in [0.25, 0.3) is 0 Å². The number of likely N-dealkylation sites (N-methyl/N-ethyl adjacent to an activating group) is 1. The topological polar surface area (TPSA) is 46.3 Å². The van der Waals surface area contributed by atoms with Gasteiger partial charge in [0, 0.05) is 24.0 Å². The molecule has 0 unspecified atom stereocenters. The average Bonchev–Trinajstić information content (AvgIpc) is 3.12. The second-order valence-corrected chi connectivity index (χ2v) is 5.69. The van der Waals surface area contributed by atoms with Crippen LogP contribution in [0.2, 0.25) is 5.02 Å². The Hall–Kier alpha value is -1.06. The van der Waals surface area contributed by atoms with E-state index >= 15 is 0 Å². The lowest BCUT2D eigenvalue weighted by molar-refractivity contribution is -0.129. The molecule has 1 aromatic rings. The van der Waals surface area contributed by atoms with Crippen molar-refractivity contribution in [2.45, 2.75) is 19.3 Å². The van der Waals surface area contributed by atoms with Gasteiger partial charge in [0.15, 0.2) is 0 Å². The summed E-state index contributed by atoms with van der Waals surface area (Å²) in [5.41, 5.74) is 6.93. The Bertz CT molecular complexity index is 426. The molecule has 18 heavy (non-hydrogen) atoms. The number of nitrogens with zero attached hydrogens (tertiary/aromatic N) is 1. The molecule has 4 heteroatoms. The van der Waals surface area contributed by atoms with Gasteiger partial charge in [0.05, 0.1) is 6.42 Å². The molecule has 2 N–H and O–H groups in total. The predicted octanol–water partition coefficient (Wildman–Crippen LogP) is 2.08. The fourth-order valence-corrected chi connectivity index (χ4v) is 2.23. The van der Waals surface area contributed by atoms with Crippen molar-refractivity contribution in [2.75, 3.05) is 20.1 Å². The Morgan fingerprint density at radius 2 is 2.00 bits per heavy atom. The maximum atomic E-state index is 12.1. The predicted molar refractivity (Wildman–Crippen MR) is 73.5 cm³/mol. The molecule has 0 bridgehead atoms. The van der Waals surface area contributed by atoms with E-state index in [1.54, 1.807) is 4.90 Å². The second-order valence-electron chi connectivity index (χ2n) is 5.26. The molecular formula is C14H19ClN2O. The first-order valence-corrected chi connectivity index (χ1v) is 6.61. The monoisotopic (exact) mass is 266 g/mol. The molecule has 1 amide bonds. The van der Waals surface area contributed by atoms with E-state index in [2.05, 4.69) is 0 Å². The zero-order valence-electron chi connectivity index (χ0n) is 10.7. The number of nitrogens with two attached hydrogens (primary N) is 1. The van der Waals surface area contributed by atoms with E-state index in [9.17, 15) is 4.79 Å². The van der Waals surface area contributed by atoms with Crippen LogP contribution in [-0.2, 0) is 11.2 Å². The Labute approximate surface area is 113 Å². The number of benzene rings is 1. The van der Waals surface area contributed by atoms with Crippen LogP contribution in [0.5, 0.6) is 0 Å². The van der Waals surface area contributed by atoms with Crippen LogP contribution in [0.15, 0.2) is 24.3 Å². The van der Waals surface area contributed by atoms with Crippen LogP contribution in [0, 0.1) is 5.41 Å². The number of carbonyl (C=O) groups is 1. The zero-order valence-corrected chi connectivity index (χ0v) is 11.4. The summed E-state index contributed by atoms with van der Waals surface area (Å²) in [4.78, 5) is 13.9. The fraction of sp³-hybridized carbons (Fsp3) is 0.500. The summed E-state index contributed by atoms with van der Waals surface area (Å²) in [6.45, 7) is 1.45. The first-order chi connectivity index (χ1) is 8.54. The quantitative estimate of drug-likeness (QED) is 0.887. The summed E-state index contributed by atoms with van der Waals surface area (Å²) < 4.78 is 0. The summed E-state index contributed by atoms with van der Waals surface area (Å²) >= 11 is 5.82. The molecule has 2 rings (SSSR count). The molecule has 98 valence electrons. The Morgan fingerprint density at radius 3 is 2.50 bits per heavy atom. The van der Waals surface area contributed by atoms with E-state index in [-0.39, 0.29) is 11.3 Å². The van der Waals surface area contributed by atoms with Gasteiger partial charge in [-0.05, 0) is 37.1 Å². The SMILES string of the molecule is CN(CC1(CN)CC1)C(=O)Cc1ccc(Cl)cc1. The molecule has 1 aromatic carbocycles. The third-order valence-electron chi connectivity index (χ3n) is 3.66. The van der Waals surface area contributed by atoms with Gasteiger partial charge in [0.25, 0.3) is 0 Å². The summed E-state index contributed by atoms with van der Waals surface area (Å²) in [5, 5.41) is 0.694. The standard InChI is InChI=1S/C14H19ClN2O/c1-17(10-14(9-16)6-7-14)13(18)8-11-2-4-12(15)5-3-11/h2-5H,6-10,16H2,1H3. The van der Waals surface area contributed by atoms with E-state index in [1.807, 2.05) is 31.3 Å². The largest absolute Gasteiger partial charge is 0.345 e. The van der Waals surface area contributed by atoms with E-state index in [0.717, 1.165) is 24.9 Å². The zero-order chi connectivity index (χ0) is 13.2. The minimum atomic E-state index is 0.136. The van der Waals surface area contributed by atoms with Crippen LogP contribution in [0.3, 0.4) is 0 Å². The highest BCUT2D eigenvalue weighted by Crippen LogP contribution is 2.44. The molecule has 1 saturated carbocycles. The van der Waals surface area contributed by atoms with Gasteiger partial charge in [-0.2, -0.15) is 0 Å². The van der Waals surface area contributed by atoms with E-state index in [1.165, 1.54) is 0 Å². The van der Waals surface area contributed by atoms with E-state index in [0.29, 0.717) is 18.0 Å². The molecule has 1 aliphatic carbocycles. The van der Waals surface area contributed by atoms with Crippen molar-refractivity contribution in [1.82, 2.24) is 4.90 Å². The smallest absolute Gasteiger partial charge is 0.226 e. The minimum absolute atomic E-state index is 0.136. The highest BCUT2D eigenvalue weighted by atomic mass is 35.5. The highest BCUT2D eigenvalue weighted by molar-refractivity contribution is 6.30. The molecule has 0 spiro atoms. The van der Waals surface area contributed by atoms with Crippen LogP contribution >= 0.6 is 11.6 Å². The van der Waals surface area contributed by atoms with Crippen molar-refractivity contribution in [2.24, 2.45) is 11.1 Å². The van der Waals surface area contributed by atoms with E-state index in [4.69, 9.17) is 17.3 Å². The lowest BCUT2D eigenvalue weighted by Crippen LogP contribution is -2.36. The number of amides is 1. The Morgan fingerprint density at radius 1 is 1.39 bits per heavy atom. The second kappa shape index (κ2) is 5.29. The van der Waals surface area contributed by atoms with Gasteiger partial charge < -0.3 is 10.6 Å². The molecule has 0 aliphatic heterocycles. The third kappa shape index (κ3) is 3.24. The van der Waals surface area contributed by atoms with Crippen molar-refractivity contribution < 1.29 is 4.79 Å². The number of hydrogen-bond acceptors (Lipinski definition) is 2. The number of rotatable bonds is 5. The molecule has 0 saturated heterocycles.